The summed E-state index contributed by atoms with van der Waals surface area (Å²) < 4.78 is 1.69. The molecular formula is C9H15N7. The zero-order valence-electron chi connectivity index (χ0n) is 9.22. The minimum Gasteiger partial charge on any atom is -0.329 e. The van der Waals surface area contributed by atoms with E-state index in [0.717, 1.165) is 18.7 Å². The van der Waals surface area contributed by atoms with Gasteiger partial charge < -0.3 is 5.73 Å². The summed E-state index contributed by atoms with van der Waals surface area (Å²) in [5, 5.41) is 14.9. The van der Waals surface area contributed by atoms with Gasteiger partial charge in [-0.3, -0.25) is 9.78 Å². The minimum absolute atomic E-state index is 0.540. The summed E-state index contributed by atoms with van der Waals surface area (Å²) in [6.07, 6.45) is 3.73. The molecule has 0 bridgehead atoms. The van der Waals surface area contributed by atoms with Crippen LogP contribution >= 0.6 is 0 Å². The van der Waals surface area contributed by atoms with Crippen LogP contribution in [0.2, 0.25) is 0 Å². The summed E-state index contributed by atoms with van der Waals surface area (Å²) in [5.41, 5.74) is 6.10. The molecule has 0 aromatic carbocycles. The Morgan fingerprint density at radius 1 is 1.50 bits per heavy atom. The molecule has 2 heterocycles. The van der Waals surface area contributed by atoms with Crippen molar-refractivity contribution in [3.63, 3.8) is 0 Å². The molecule has 2 aromatic rings. The van der Waals surface area contributed by atoms with Gasteiger partial charge in [-0.1, -0.05) is 12.1 Å². The number of nitrogens with two attached hydrogens (primary N) is 1. The van der Waals surface area contributed by atoms with Gasteiger partial charge >= 0.3 is 0 Å². The molecule has 2 rings (SSSR count). The summed E-state index contributed by atoms with van der Waals surface area (Å²) in [6, 6.07) is 0. The lowest BCUT2D eigenvalue weighted by molar-refractivity contribution is 0.598. The highest BCUT2D eigenvalue weighted by Crippen LogP contribution is 2.10. The van der Waals surface area contributed by atoms with Crippen molar-refractivity contribution in [3.05, 3.63) is 12.0 Å². The Balaban J connectivity index is 2.14. The van der Waals surface area contributed by atoms with Crippen molar-refractivity contribution < 1.29 is 0 Å². The van der Waals surface area contributed by atoms with Crippen LogP contribution in [0.5, 0.6) is 0 Å². The summed E-state index contributed by atoms with van der Waals surface area (Å²) in [5.74, 6) is 1.47. The fourth-order valence-electron chi connectivity index (χ4n) is 1.40. The molecule has 7 nitrogen and oxygen atoms in total. The molecular weight excluding hydrogens is 206 g/mol. The largest absolute Gasteiger partial charge is 0.329 e. The van der Waals surface area contributed by atoms with Crippen LogP contribution in [0.4, 0.5) is 0 Å². The monoisotopic (exact) mass is 221 g/mol. The third-order valence-corrected chi connectivity index (χ3v) is 2.14. The maximum Gasteiger partial charge on any atom is 0.203 e. The number of hydrogen-bond donors (Lipinski definition) is 2. The Morgan fingerprint density at radius 3 is 3.12 bits per heavy atom. The van der Waals surface area contributed by atoms with Gasteiger partial charge in [-0.25, -0.2) is 4.98 Å². The first-order chi connectivity index (χ1) is 7.83. The zero-order valence-corrected chi connectivity index (χ0v) is 9.22. The Morgan fingerprint density at radius 2 is 2.38 bits per heavy atom. The van der Waals surface area contributed by atoms with Gasteiger partial charge in [0.1, 0.15) is 5.82 Å². The second-order valence-electron chi connectivity index (χ2n) is 3.51. The van der Waals surface area contributed by atoms with Crippen LogP contribution in [-0.2, 0) is 13.0 Å². The SMILES string of the molecule is CCCc1nc(-c2cn(CCN)nn2)n[nH]1. The van der Waals surface area contributed by atoms with Crippen LogP contribution in [0.1, 0.15) is 19.2 Å². The Labute approximate surface area is 93.1 Å². The molecule has 16 heavy (non-hydrogen) atoms. The van der Waals surface area contributed by atoms with E-state index < -0.39 is 0 Å². The van der Waals surface area contributed by atoms with Crippen LogP contribution < -0.4 is 5.73 Å². The van der Waals surface area contributed by atoms with E-state index in [-0.39, 0.29) is 0 Å². The van der Waals surface area contributed by atoms with E-state index in [9.17, 15) is 0 Å². The molecule has 3 N–H and O–H groups in total. The summed E-state index contributed by atoms with van der Waals surface area (Å²) in [6.45, 7) is 3.29. The van der Waals surface area contributed by atoms with Crippen molar-refractivity contribution >= 4 is 0 Å². The molecule has 0 fully saturated rings. The fourth-order valence-corrected chi connectivity index (χ4v) is 1.40. The van der Waals surface area contributed by atoms with Crippen molar-refractivity contribution in [2.75, 3.05) is 6.54 Å². The maximum atomic E-state index is 5.43. The van der Waals surface area contributed by atoms with Crippen LogP contribution in [0.25, 0.3) is 11.5 Å². The van der Waals surface area contributed by atoms with Crippen molar-refractivity contribution in [1.82, 2.24) is 30.2 Å². The molecule has 0 aliphatic heterocycles. The van der Waals surface area contributed by atoms with Gasteiger partial charge in [0.2, 0.25) is 5.82 Å². The molecule has 0 unspecified atom stereocenters. The Bertz CT molecular complexity index is 402. The summed E-state index contributed by atoms with van der Waals surface area (Å²) >= 11 is 0. The molecule has 0 atom stereocenters. The molecule has 0 aliphatic carbocycles. The van der Waals surface area contributed by atoms with E-state index in [4.69, 9.17) is 5.73 Å². The van der Waals surface area contributed by atoms with E-state index in [0.29, 0.717) is 24.6 Å². The van der Waals surface area contributed by atoms with Gasteiger partial charge in [-0.05, 0) is 6.42 Å². The molecule has 0 spiro atoms. The van der Waals surface area contributed by atoms with Crippen LogP contribution in [0.15, 0.2) is 6.20 Å². The number of nitrogens with zero attached hydrogens (tertiary/aromatic N) is 5. The smallest absolute Gasteiger partial charge is 0.203 e. The highest BCUT2D eigenvalue weighted by molar-refractivity contribution is 5.45. The van der Waals surface area contributed by atoms with Crippen LogP contribution in [0.3, 0.4) is 0 Å². The van der Waals surface area contributed by atoms with E-state index in [1.165, 1.54) is 0 Å². The van der Waals surface area contributed by atoms with Gasteiger partial charge in [0.05, 0.1) is 12.7 Å². The van der Waals surface area contributed by atoms with E-state index in [1.807, 2.05) is 0 Å². The number of hydrogen-bond acceptors (Lipinski definition) is 5. The highest BCUT2D eigenvalue weighted by Gasteiger charge is 2.09. The first-order valence-electron chi connectivity index (χ1n) is 5.35. The first kappa shape index (κ1) is 10.7. The number of aromatic amines is 1. The molecule has 0 radical (unpaired) electrons. The average molecular weight is 221 g/mol. The molecule has 2 aromatic heterocycles. The second-order valence-corrected chi connectivity index (χ2v) is 3.51. The standard InChI is InChI=1S/C9H15N7/c1-2-3-8-11-9(14-13-8)7-6-16(5-4-10)15-12-7/h6H,2-5,10H2,1H3,(H,11,13,14). The predicted octanol–water partition coefficient (Wildman–Crippen LogP) is -0.0256. The first-order valence-corrected chi connectivity index (χ1v) is 5.35. The quantitative estimate of drug-likeness (QED) is 0.739. The lowest BCUT2D eigenvalue weighted by atomic mass is 10.3. The van der Waals surface area contributed by atoms with Crippen molar-refractivity contribution in [2.45, 2.75) is 26.3 Å². The highest BCUT2D eigenvalue weighted by atomic mass is 15.4. The number of aryl methyl sites for hydroxylation is 1. The predicted molar refractivity (Wildman–Crippen MR) is 58.4 cm³/mol. The third kappa shape index (κ3) is 2.25. The Hall–Kier alpha value is -1.76. The van der Waals surface area contributed by atoms with Gasteiger partial charge in [0.25, 0.3) is 0 Å². The minimum atomic E-state index is 0.540. The lowest BCUT2D eigenvalue weighted by Gasteiger charge is -1.92. The van der Waals surface area contributed by atoms with Gasteiger partial charge in [0.15, 0.2) is 5.69 Å². The van der Waals surface area contributed by atoms with Gasteiger partial charge in [-0.15, -0.1) is 5.10 Å². The van der Waals surface area contributed by atoms with E-state index in [1.54, 1.807) is 10.9 Å². The second kappa shape index (κ2) is 4.84. The van der Waals surface area contributed by atoms with Crippen LogP contribution in [-0.4, -0.2) is 36.7 Å². The topological polar surface area (TPSA) is 98.3 Å². The number of H-pyrrole nitrogens is 1. The van der Waals surface area contributed by atoms with E-state index in [2.05, 4.69) is 32.4 Å². The third-order valence-electron chi connectivity index (χ3n) is 2.14. The molecule has 0 saturated carbocycles. The summed E-state index contributed by atoms with van der Waals surface area (Å²) in [7, 11) is 0. The van der Waals surface area contributed by atoms with Crippen molar-refractivity contribution in [1.29, 1.82) is 0 Å². The number of nitrogens with one attached hydrogen (secondary N) is 1. The van der Waals surface area contributed by atoms with Crippen molar-refractivity contribution in [3.8, 4) is 11.5 Å². The van der Waals surface area contributed by atoms with E-state index >= 15 is 0 Å². The van der Waals surface area contributed by atoms with Crippen LogP contribution in [0, 0.1) is 0 Å². The molecule has 7 heteroatoms. The molecule has 0 aliphatic rings. The number of rotatable bonds is 5. The normalized spacial score (nSPS) is 10.9. The average Bonchev–Trinajstić information content (AvgIpc) is 2.87. The molecule has 86 valence electrons. The molecule has 0 amide bonds. The maximum absolute atomic E-state index is 5.43. The van der Waals surface area contributed by atoms with Crippen molar-refractivity contribution in [2.24, 2.45) is 5.73 Å². The molecule has 0 saturated heterocycles. The fraction of sp³-hybridized carbons (Fsp3) is 0.556. The number of aromatic nitrogens is 6. The Kier molecular flexibility index (Phi) is 3.25. The zero-order chi connectivity index (χ0) is 11.4. The summed E-state index contributed by atoms with van der Waals surface area (Å²) in [4.78, 5) is 4.33. The van der Waals surface area contributed by atoms with Gasteiger partial charge in [-0.2, -0.15) is 5.10 Å². The van der Waals surface area contributed by atoms with Gasteiger partial charge in [0, 0.05) is 13.0 Å². The lowest BCUT2D eigenvalue weighted by Crippen LogP contribution is -2.10.